The molecule has 2 atom stereocenters. The summed E-state index contributed by atoms with van der Waals surface area (Å²) >= 11 is 0. The van der Waals surface area contributed by atoms with Crippen molar-refractivity contribution < 1.29 is 18.3 Å². The average Bonchev–Trinajstić information content (AvgIpc) is 3.04. The van der Waals surface area contributed by atoms with E-state index < -0.39 is 6.18 Å². The highest BCUT2D eigenvalue weighted by atomic mass is 19.4. The fourth-order valence-electron chi connectivity index (χ4n) is 3.23. The fourth-order valence-corrected chi connectivity index (χ4v) is 3.23. The number of rotatable bonds is 8. The second-order valence-corrected chi connectivity index (χ2v) is 10.6. The van der Waals surface area contributed by atoms with Gasteiger partial charge < -0.3 is 10.4 Å². The zero-order chi connectivity index (χ0) is 28.4. The summed E-state index contributed by atoms with van der Waals surface area (Å²) in [7, 11) is 0. The lowest BCUT2D eigenvalue weighted by Crippen LogP contribution is -2.39. The number of aliphatic imine (C=N–C) groups is 1. The Balaban J connectivity index is 0. The Labute approximate surface area is 220 Å². The molecule has 212 valence electrons. The van der Waals surface area contributed by atoms with Crippen LogP contribution in [0.25, 0.3) is 0 Å². The third-order valence-corrected chi connectivity index (χ3v) is 6.03. The Morgan fingerprint density at radius 1 is 0.972 bits per heavy atom. The Hall–Kier alpha value is -1.40. The number of allylic oxidation sites excluding steroid dienone is 5. The first-order chi connectivity index (χ1) is 16.6. The van der Waals surface area contributed by atoms with Gasteiger partial charge in [-0.2, -0.15) is 13.2 Å². The summed E-state index contributed by atoms with van der Waals surface area (Å²) in [6.45, 7) is 20.1. The molecule has 0 aromatic heterocycles. The molecular weight excluding hydrogens is 461 g/mol. The number of nitrogens with one attached hydrogen (secondary N) is 1. The van der Waals surface area contributed by atoms with Crippen LogP contribution in [0.15, 0.2) is 40.1 Å². The average molecular weight is 517 g/mol. The number of aliphatic hydroxyl groups is 1. The molecule has 1 aliphatic rings. The molecule has 0 aliphatic carbocycles. The molecule has 0 aromatic carbocycles. The number of hydrogen-bond donors (Lipinski definition) is 2. The third kappa shape index (κ3) is 19.7. The summed E-state index contributed by atoms with van der Waals surface area (Å²) in [4.78, 5) is 5.04. The SMILES string of the molecule is CC(F)(F)F.CCCC.C\C=C(/N=C(C)/C(=C/CCC)/C=C(\C)C(C)(C)C)C1CCCCC(CO)N1. The summed E-state index contributed by atoms with van der Waals surface area (Å²) in [5.41, 5.74) is 4.93. The van der Waals surface area contributed by atoms with Crippen molar-refractivity contribution in [3.63, 3.8) is 0 Å². The van der Waals surface area contributed by atoms with Crippen LogP contribution in [0, 0.1) is 5.41 Å². The van der Waals surface area contributed by atoms with E-state index in [4.69, 9.17) is 4.99 Å². The van der Waals surface area contributed by atoms with Crippen LogP contribution in [0.3, 0.4) is 0 Å². The van der Waals surface area contributed by atoms with Crippen LogP contribution >= 0.6 is 0 Å². The second kappa shape index (κ2) is 19.7. The summed E-state index contributed by atoms with van der Waals surface area (Å²) in [6, 6.07) is 0.408. The molecule has 36 heavy (non-hydrogen) atoms. The number of aliphatic hydroxyl groups excluding tert-OH is 1. The van der Waals surface area contributed by atoms with Crippen molar-refractivity contribution >= 4 is 5.71 Å². The molecule has 0 spiro atoms. The van der Waals surface area contributed by atoms with Gasteiger partial charge in [-0.25, -0.2) is 0 Å². The predicted molar refractivity (Wildman–Crippen MR) is 152 cm³/mol. The predicted octanol–water partition coefficient (Wildman–Crippen LogP) is 9.34. The van der Waals surface area contributed by atoms with Gasteiger partial charge in [0.1, 0.15) is 0 Å². The molecule has 0 aromatic rings. The first-order valence-corrected chi connectivity index (χ1v) is 13.7. The van der Waals surface area contributed by atoms with E-state index in [1.165, 1.54) is 36.8 Å². The van der Waals surface area contributed by atoms with Crippen molar-refractivity contribution in [1.82, 2.24) is 5.32 Å². The second-order valence-electron chi connectivity index (χ2n) is 10.6. The summed E-state index contributed by atoms with van der Waals surface area (Å²) < 4.78 is 31.1. The number of unbranched alkanes of at least 4 members (excludes halogenated alkanes) is 2. The van der Waals surface area contributed by atoms with Crippen LogP contribution in [-0.4, -0.2) is 35.7 Å². The largest absolute Gasteiger partial charge is 0.395 e. The van der Waals surface area contributed by atoms with Crippen molar-refractivity contribution in [2.75, 3.05) is 6.61 Å². The zero-order valence-electron chi connectivity index (χ0n) is 24.8. The quantitative estimate of drug-likeness (QED) is 0.249. The molecule has 6 heteroatoms. The maximum Gasteiger partial charge on any atom is 0.386 e. The van der Waals surface area contributed by atoms with Gasteiger partial charge in [0, 0.05) is 24.7 Å². The fraction of sp³-hybridized carbons (Fsp3) is 0.767. The molecule has 0 radical (unpaired) electrons. The lowest BCUT2D eigenvalue weighted by molar-refractivity contribution is -0.110. The standard InChI is InChI=1S/C24H42N2O.C4H10.C2H3F3/c1-8-10-13-20(16-18(3)24(5,6)7)19(4)25-22(9-2)23-15-12-11-14-21(17-27)26-23;1-3-4-2;1-2(3,4)5/h9,13,16,21,23,26-27H,8,10-12,14-15,17H2,1-7H3;3-4H2,1-2H3;1H3/b18-16+,20-13+,22-9-,25-19+;;. The maximum atomic E-state index is 10.4. The van der Waals surface area contributed by atoms with Crippen molar-refractivity contribution in [3.8, 4) is 0 Å². The van der Waals surface area contributed by atoms with Crippen LogP contribution in [0.1, 0.15) is 121 Å². The van der Waals surface area contributed by atoms with E-state index in [0.717, 1.165) is 37.1 Å². The van der Waals surface area contributed by atoms with Gasteiger partial charge in [-0.15, -0.1) is 0 Å². The number of nitrogens with zero attached hydrogens (tertiary/aromatic N) is 1. The van der Waals surface area contributed by atoms with Gasteiger partial charge in [-0.05, 0) is 51.0 Å². The van der Waals surface area contributed by atoms with E-state index in [0.29, 0.717) is 0 Å². The summed E-state index contributed by atoms with van der Waals surface area (Å²) in [5, 5.41) is 13.2. The minimum absolute atomic E-state index is 0.159. The molecule has 3 nitrogen and oxygen atoms in total. The molecule has 2 unspecified atom stereocenters. The summed E-state index contributed by atoms with van der Waals surface area (Å²) in [5.74, 6) is 0. The van der Waals surface area contributed by atoms with E-state index in [9.17, 15) is 18.3 Å². The molecule has 1 heterocycles. The van der Waals surface area contributed by atoms with Gasteiger partial charge in [-0.3, -0.25) is 4.99 Å². The lowest BCUT2D eigenvalue weighted by Gasteiger charge is -2.23. The monoisotopic (exact) mass is 516 g/mol. The van der Waals surface area contributed by atoms with E-state index in [1.54, 1.807) is 0 Å². The van der Waals surface area contributed by atoms with Crippen LogP contribution in [-0.2, 0) is 0 Å². The minimum Gasteiger partial charge on any atom is -0.395 e. The van der Waals surface area contributed by atoms with Crippen LogP contribution in [0.2, 0.25) is 0 Å². The van der Waals surface area contributed by atoms with Crippen LogP contribution < -0.4 is 5.32 Å². The number of halogens is 3. The molecule has 1 aliphatic heterocycles. The van der Waals surface area contributed by atoms with E-state index >= 15 is 0 Å². The minimum atomic E-state index is -4.00. The van der Waals surface area contributed by atoms with Crippen LogP contribution in [0.5, 0.6) is 0 Å². The maximum absolute atomic E-state index is 10.4. The highest BCUT2D eigenvalue weighted by molar-refractivity contribution is 6.01. The van der Waals surface area contributed by atoms with Crippen LogP contribution in [0.4, 0.5) is 13.2 Å². The van der Waals surface area contributed by atoms with Crippen molar-refractivity contribution in [3.05, 3.63) is 35.1 Å². The number of alkyl halides is 3. The highest BCUT2D eigenvalue weighted by Crippen LogP contribution is 2.27. The lowest BCUT2D eigenvalue weighted by atomic mass is 9.86. The van der Waals surface area contributed by atoms with Crippen molar-refractivity contribution in [2.24, 2.45) is 10.4 Å². The van der Waals surface area contributed by atoms with Crippen molar-refractivity contribution in [1.29, 1.82) is 0 Å². The van der Waals surface area contributed by atoms with Gasteiger partial charge >= 0.3 is 6.18 Å². The van der Waals surface area contributed by atoms with Gasteiger partial charge in [0.05, 0.1) is 12.3 Å². The Morgan fingerprint density at radius 2 is 1.50 bits per heavy atom. The molecule has 1 saturated heterocycles. The van der Waals surface area contributed by atoms with E-state index in [2.05, 4.69) is 85.9 Å². The Bertz CT molecular complexity index is 690. The summed E-state index contributed by atoms with van der Waals surface area (Å²) in [6.07, 6.45) is 12.1. The number of hydrogen-bond acceptors (Lipinski definition) is 3. The van der Waals surface area contributed by atoms with E-state index in [1.807, 2.05) is 0 Å². The van der Waals surface area contributed by atoms with Gasteiger partial charge in [0.25, 0.3) is 0 Å². The molecule has 1 fully saturated rings. The third-order valence-electron chi connectivity index (χ3n) is 6.03. The van der Waals surface area contributed by atoms with E-state index in [-0.39, 0.29) is 31.0 Å². The molecule has 2 N–H and O–H groups in total. The Kier molecular flexibility index (Phi) is 20.1. The highest BCUT2D eigenvalue weighted by Gasteiger charge is 2.21. The zero-order valence-corrected chi connectivity index (χ0v) is 24.8. The van der Waals surface area contributed by atoms with Crippen molar-refractivity contribution in [2.45, 2.75) is 139 Å². The Morgan fingerprint density at radius 3 is 1.92 bits per heavy atom. The van der Waals surface area contributed by atoms with Gasteiger partial charge in [-0.1, -0.05) is 97.4 Å². The topological polar surface area (TPSA) is 44.6 Å². The first-order valence-electron chi connectivity index (χ1n) is 13.7. The molecule has 1 rings (SSSR count). The smallest absolute Gasteiger partial charge is 0.386 e. The molecule has 0 amide bonds. The first kappa shape index (κ1) is 36.8. The van der Waals surface area contributed by atoms with Gasteiger partial charge in [0.2, 0.25) is 0 Å². The molecular formula is C30H55F3N2O. The molecule has 0 saturated carbocycles. The normalized spacial score (nSPS) is 20.6. The molecule has 0 bridgehead atoms. The van der Waals surface area contributed by atoms with Gasteiger partial charge in [0.15, 0.2) is 0 Å².